The predicted octanol–water partition coefficient (Wildman–Crippen LogP) is 1.78. The first kappa shape index (κ1) is 19.8. The van der Waals surface area contributed by atoms with Crippen LogP contribution in [0.5, 0.6) is 0 Å². The third kappa shape index (κ3) is 4.57. The molecule has 142 valence electrons. The van der Waals surface area contributed by atoms with Gasteiger partial charge in [0.2, 0.25) is 5.91 Å². The molecule has 1 saturated heterocycles. The lowest BCUT2D eigenvalue weighted by Gasteiger charge is -2.28. The van der Waals surface area contributed by atoms with Gasteiger partial charge in [0.25, 0.3) is 5.91 Å². The second kappa shape index (κ2) is 8.75. The second-order valence-corrected chi connectivity index (χ2v) is 6.45. The molecule has 4 amide bonds. The molecule has 8 heteroatoms. The molecule has 26 heavy (non-hydrogen) atoms. The van der Waals surface area contributed by atoms with Crippen molar-refractivity contribution in [1.29, 1.82) is 0 Å². The van der Waals surface area contributed by atoms with Crippen molar-refractivity contribution in [3.05, 3.63) is 29.1 Å². The van der Waals surface area contributed by atoms with Gasteiger partial charge in [0.1, 0.15) is 5.82 Å². The zero-order valence-electron chi connectivity index (χ0n) is 15.2. The molecule has 7 nitrogen and oxygen atoms in total. The van der Waals surface area contributed by atoms with Crippen LogP contribution in [0.15, 0.2) is 12.1 Å². The number of anilines is 1. The van der Waals surface area contributed by atoms with Gasteiger partial charge in [-0.3, -0.25) is 19.8 Å². The zero-order chi connectivity index (χ0) is 19.3. The maximum Gasteiger partial charge on any atom is 0.328 e. The molecule has 1 fully saturated rings. The molecule has 0 spiro atoms. The van der Waals surface area contributed by atoms with Gasteiger partial charge in [-0.2, -0.15) is 0 Å². The molecule has 1 aromatic rings. The Morgan fingerprint density at radius 3 is 2.69 bits per heavy atom. The number of urea groups is 1. The highest BCUT2D eigenvalue weighted by molar-refractivity contribution is 6.06. The van der Waals surface area contributed by atoms with Crippen LogP contribution in [0.3, 0.4) is 0 Å². The Morgan fingerprint density at radius 2 is 2.04 bits per heavy atom. The Hall–Kier alpha value is -2.48. The Balaban J connectivity index is 2.20. The van der Waals surface area contributed by atoms with Crippen molar-refractivity contribution in [2.45, 2.75) is 32.6 Å². The van der Waals surface area contributed by atoms with Crippen molar-refractivity contribution in [3.8, 4) is 0 Å². The van der Waals surface area contributed by atoms with Crippen LogP contribution in [0.1, 0.15) is 41.6 Å². The summed E-state index contributed by atoms with van der Waals surface area (Å²) in [5.41, 5.74) is 6.31. The molecule has 0 aliphatic carbocycles. The van der Waals surface area contributed by atoms with Crippen LogP contribution in [-0.4, -0.2) is 49.4 Å². The minimum absolute atomic E-state index is 0.0865. The van der Waals surface area contributed by atoms with Crippen molar-refractivity contribution < 1.29 is 18.8 Å². The van der Waals surface area contributed by atoms with Gasteiger partial charge in [0.15, 0.2) is 0 Å². The van der Waals surface area contributed by atoms with Crippen molar-refractivity contribution in [3.63, 3.8) is 0 Å². The summed E-state index contributed by atoms with van der Waals surface area (Å²) in [7, 11) is 1.62. The average molecular weight is 364 g/mol. The van der Waals surface area contributed by atoms with Gasteiger partial charge in [-0.15, -0.1) is 0 Å². The van der Waals surface area contributed by atoms with E-state index < -0.39 is 17.8 Å². The lowest BCUT2D eigenvalue weighted by Crippen LogP contribution is -2.49. The highest BCUT2D eigenvalue weighted by atomic mass is 19.1. The Morgan fingerprint density at radius 1 is 1.31 bits per heavy atom. The highest BCUT2D eigenvalue weighted by Gasteiger charge is 2.27. The molecule has 2 rings (SSSR count). The third-order valence-electron chi connectivity index (χ3n) is 4.41. The summed E-state index contributed by atoms with van der Waals surface area (Å²) in [6.07, 6.45) is 2.73. The van der Waals surface area contributed by atoms with Gasteiger partial charge >= 0.3 is 6.03 Å². The van der Waals surface area contributed by atoms with Crippen molar-refractivity contribution in [1.82, 2.24) is 10.2 Å². The minimum Gasteiger partial charge on any atom is -0.342 e. The fourth-order valence-electron chi connectivity index (χ4n) is 2.89. The lowest BCUT2D eigenvalue weighted by molar-refractivity contribution is -0.120. The van der Waals surface area contributed by atoms with Crippen LogP contribution >= 0.6 is 0 Å². The monoisotopic (exact) mass is 364 g/mol. The number of hydrogen-bond donors (Lipinski definition) is 2. The number of imide groups is 1. The molecule has 0 radical (unpaired) electrons. The van der Waals surface area contributed by atoms with E-state index in [-0.39, 0.29) is 24.4 Å². The first-order chi connectivity index (χ1) is 12.3. The van der Waals surface area contributed by atoms with E-state index in [1.807, 2.05) is 0 Å². The van der Waals surface area contributed by atoms with Crippen molar-refractivity contribution >= 4 is 23.5 Å². The molecular weight excluding hydrogens is 339 g/mol. The first-order valence-corrected chi connectivity index (χ1v) is 8.72. The summed E-state index contributed by atoms with van der Waals surface area (Å²) in [6, 6.07) is 2.07. The Labute approximate surface area is 152 Å². The summed E-state index contributed by atoms with van der Waals surface area (Å²) < 4.78 is 14.4. The van der Waals surface area contributed by atoms with E-state index in [4.69, 9.17) is 5.73 Å². The number of aryl methyl sites for hydroxylation is 1. The van der Waals surface area contributed by atoms with Crippen LogP contribution in [0.25, 0.3) is 0 Å². The van der Waals surface area contributed by atoms with Crippen LogP contribution < -0.4 is 16.0 Å². The minimum atomic E-state index is -0.626. The predicted molar refractivity (Wildman–Crippen MR) is 96.5 cm³/mol. The van der Waals surface area contributed by atoms with E-state index in [1.165, 1.54) is 21.9 Å². The molecule has 3 N–H and O–H groups in total. The molecule has 1 aliphatic rings. The lowest BCUT2D eigenvalue weighted by atomic mass is 10.1. The van der Waals surface area contributed by atoms with Crippen LogP contribution in [-0.2, 0) is 4.79 Å². The number of rotatable bonds is 7. The van der Waals surface area contributed by atoms with Gasteiger partial charge in [-0.25, -0.2) is 9.18 Å². The van der Waals surface area contributed by atoms with Gasteiger partial charge < -0.3 is 10.6 Å². The summed E-state index contributed by atoms with van der Waals surface area (Å²) in [5.74, 6) is -1.41. The third-order valence-corrected chi connectivity index (χ3v) is 4.41. The molecule has 0 unspecified atom stereocenters. The Kier molecular flexibility index (Phi) is 6.68. The summed E-state index contributed by atoms with van der Waals surface area (Å²) in [5, 5.41) is 2.23. The average Bonchev–Trinajstić information content (AvgIpc) is 2.59. The molecule has 0 saturated carbocycles. The maximum atomic E-state index is 14.4. The van der Waals surface area contributed by atoms with E-state index >= 15 is 0 Å². The number of hydrogen-bond acceptors (Lipinski definition) is 4. The fraction of sp³-hybridized carbons (Fsp3) is 0.500. The van der Waals surface area contributed by atoms with Crippen LogP contribution in [0.4, 0.5) is 14.9 Å². The number of carbonyl (C=O) groups excluding carboxylic acids is 3. The van der Waals surface area contributed by atoms with Crippen molar-refractivity contribution in [2.75, 3.05) is 31.6 Å². The number of unbranched alkanes of at least 4 members (excludes halogenated alkanes) is 2. The smallest absolute Gasteiger partial charge is 0.328 e. The van der Waals surface area contributed by atoms with E-state index in [0.717, 1.165) is 19.3 Å². The number of amides is 4. The quantitative estimate of drug-likeness (QED) is 0.721. The maximum absolute atomic E-state index is 14.4. The zero-order valence-corrected chi connectivity index (χ0v) is 15.2. The molecular formula is C18H25FN4O3. The van der Waals surface area contributed by atoms with Gasteiger partial charge in [-0.1, -0.05) is 6.42 Å². The number of carbonyl (C=O) groups is 3. The molecule has 1 aliphatic heterocycles. The molecule has 1 aromatic carbocycles. The van der Waals surface area contributed by atoms with E-state index in [9.17, 15) is 18.8 Å². The molecule has 0 bridgehead atoms. The number of nitrogens with one attached hydrogen (secondary N) is 1. The summed E-state index contributed by atoms with van der Waals surface area (Å²) >= 11 is 0. The molecule has 0 atom stereocenters. The van der Waals surface area contributed by atoms with E-state index in [0.29, 0.717) is 24.3 Å². The number of benzene rings is 1. The normalized spacial score (nSPS) is 14.4. The van der Waals surface area contributed by atoms with E-state index in [2.05, 4.69) is 5.32 Å². The van der Waals surface area contributed by atoms with Crippen LogP contribution in [0.2, 0.25) is 0 Å². The molecule has 1 heterocycles. The van der Waals surface area contributed by atoms with Gasteiger partial charge in [0, 0.05) is 32.2 Å². The number of nitrogens with two attached hydrogens (primary N) is 1. The van der Waals surface area contributed by atoms with Gasteiger partial charge in [-0.05, 0) is 44.0 Å². The van der Waals surface area contributed by atoms with E-state index in [1.54, 1.807) is 14.0 Å². The van der Waals surface area contributed by atoms with Crippen molar-refractivity contribution in [2.24, 2.45) is 5.73 Å². The number of nitrogens with zero attached hydrogens (tertiary/aromatic N) is 2. The highest BCUT2D eigenvalue weighted by Crippen LogP contribution is 2.26. The Bertz CT molecular complexity index is 708. The summed E-state index contributed by atoms with van der Waals surface area (Å²) in [4.78, 5) is 38.8. The van der Waals surface area contributed by atoms with Gasteiger partial charge in [0.05, 0.1) is 5.56 Å². The first-order valence-electron chi connectivity index (χ1n) is 8.72. The second-order valence-electron chi connectivity index (χ2n) is 6.45. The SMILES string of the molecule is Cc1cc(F)c(C(=O)N(C)CCCCCN)cc1N1CCC(=O)NC1=O. The number of halogens is 1. The standard InChI is InChI=1S/C18H25FN4O3/c1-12-10-14(19)13(17(25)22(2)8-5-3-4-7-20)11-15(12)23-9-6-16(24)21-18(23)26/h10-11H,3-9,20H2,1-2H3,(H,21,24,26). The fourth-order valence-corrected chi connectivity index (χ4v) is 2.89. The van der Waals surface area contributed by atoms with Crippen LogP contribution in [0, 0.1) is 12.7 Å². The molecule has 0 aromatic heterocycles. The topological polar surface area (TPSA) is 95.7 Å². The summed E-state index contributed by atoms with van der Waals surface area (Å²) in [6.45, 7) is 2.96. The largest absolute Gasteiger partial charge is 0.342 e.